The Bertz CT molecular complexity index is 1180. The molecule has 0 saturated carbocycles. The van der Waals surface area contributed by atoms with E-state index in [-0.39, 0.29) is 32.0 Å². The lowest BCUT2D eigenvalue weighted by atomic mass is 10.0. The highest BCUT2D eigenvalue weighted by Gasteiger charge is 2.27. The SMILES string of the molecule is CCCCCCC/C=C\C/C=C\CCCCCCCCCCCCCCCC(=O)OC(COC(=O)CCCCCCC/C=C\CCCCCCCC)COP(=O)(O)OCC[N+](C)(C)C. The number of nitrogens with zero attached hydrogens (tertiary/aromatic N) is 1. The van der Waals surface area contributed by atoms with Gasteiger partial charge in [0, 0.05) is 12.8 Å². The minimum Gasteiger partial charge on any atom is -0.462 e. The molecule has 0 aromatic rings. The van der Waals surface area contributed by atoms with Crippen LogP contribution in [-0.2, 0) is 32.7 Å². The summed E-state index contributed by atoms with van der Waals surface area (Å²) in [4.78, 5) is 35.6. The van der Waals surface area contributed by atoms with Crippen molar-refractivity contribution in [2.24, 2.45) is 0 Å². The van der Waals surface area contributed by atoms with E-state index in [2.05, 4.69) is 50.3 Å². The lowest BCUT2D eigenvalue weighted by Crippen LogP contribution is -2.37. The highest BCUT2D eigenvalue weighted by atomic mass is 31.2. The first-order valence-corrected chi connectivity index (χ1v) is 28.2. The van der Waals surface area contributed by atoms with E-state index >= 15 is 0 Å². The third kappa shape index (κ3) is 49.7. The molecule has 0 aliphatic rings. The number of carbonyl (C=O) groups excluding carboxylic acids is 2. The number of phosphoric ester groups is 1. The quantitative estimate of drug-likeness (QED) is 0.0211. The Hall–Kier alpha value is -1.77. The van der Waals surface area contributed by atoms with Crippen LogP contribution in [0.25, 0.3) is 0 Å². The molecule has 0 aliphatic carbocycles. The van der Waals surface area contributed by atoms with Crippen molar-refractivity contribution in [2.75, 3.05) is 47.5 Å². The van der Waals surface area contributed by atoms with Crippen LogP contribution in [0.4, 0.5) is 0 Å². The van der Waals surface area contributed by atoms with Crippen LogP contribution >= 0.6 is 7.82 Å². The molecule has 9 nitrogen and oxygen atoms in total. The first kappa shape index (κ1) is 62.2. The van der Waals surface area contributed by atoms with Gasteiger partial charge in [0.1, 0.15) is 19.8 Å². The van der Waals surface area contributed by atoms with E-state index in [1.165, 1.54) is 154 Å². The number of quaternary nitrogens is 1. The number of ether oxygens (including phenoxy) is 2. The van der Waals surface area contributed by atoms with Gasteiger partial charge in [0.2, 0.25) is 0 Å². The number of esters is 2. The van der Waals surface area contributed by atoms with Gasteiger partial charge in [-0.25, -0.2) is 4.57 Å². The maximum Gasteiger partial charge on any atom is 0.472 e. The van der Waals surface area contributed by atoms with Crippen molar-refractivity contribution in [3.8, 4) is 0 Å². The van der Waals surface area contributed by atoms with Crippen molar-refractivity contribution in [2.45, 2.75) is 251 Å². The summed E-state index contributed by atoms with van der Waals surface area (Å²) in [5.41, 5.74) is 0. The summed E-state index contributed by atoms with van der Waals surface area (Å²) < 4.78 is 34.5. The number of hydrogen-bond acceptors (Lipinski definition) is 7. The summed E-state index contributed by atoms with van der Waals surface area (Å²) in [5.74, 6) is -0.801. The highest BCUT2D eigenvalue weighted by molar-refractivity contribution is 7.47. The third-order valence-electron chi connectivity index (χ3n) is 11.6. The van der Waals surface area contributed by atoms with Crippen LogP contribution in [0, 0.1) is 0 Å². The molecule has 0 fully saturated rings. The maximum atomic E-state index is 12.8. The monoisotopic (exact) mass is 925 g/mol. The second-order valence-electron chi connectivity index (χ2n) is 19.3. The molecule has 64 heavy (non-hydrogen) atoms. The first-order valence-electron chi connectivity index (χ1n) is 26.7. The number of carbonyl (C=O) groups is 2. The summed E-state index contributed by atoms with van der Waals surface area (Å²) in [6, 6.07) is 0. The molecule has 0 heterocycles. The summed E-state index contributed by atoms with van der Waals surface area (Å²) >= 11 is 0. The predicted octanol–water partition coefficient (Wildman–Crippen LogP) is 16.0. The van der Waals surface area contributed by atoms with Gasteiger partial charge in [-0.1, -0.05) is 198 Å². The zero-order chi connectivity index (χ0) is 47.1. The molecule has 0 amide bonds. The molecule has 0 bridgehead atoms. The van der Waals surface area contributed by atoms with Crippen molar-refractivity contribution >= 4 is 19.8 Å². The summed E-state index contributed by atoms with van der Waals surface area (Å²) in [6.07, 6.45) is 54.8. The van der Waals surface area contributed by atoms with E-state index < -0.39 is 26.5 Å². The molecule has 2 unspecified atom stereocenters. The Kier molecular flexibility index (Phi) is 45.1. The van der Waals surface area contributed by atoms with E-state index in [4.69, 9.17) is 18.5 Å². The maximum absolute atomic E-state index is 12.8. The molecular weight excluding hydrogens is 822 g/mol. The fourth-order valence-corrected chi connectivity index (χ4v) is 8.19. The van der Waals surface area contributed by atoms with E-state index in [0.717, 1.165) is 57.8 Å². The normalized spacial score (nSPS) is 13.7. The van der Waals surface area contributed by atoms with Gasteiger partial charge in [-0.05, 0) is 70.6 Å². The molecule has 376 valence electrons. The molecule has 0 aromatic carbocycles. The van der Waals surface area contributed by atoms with Crippen LogP contribution < -0.4 is 0 Å². The first-order chi connectivity index (χ1) is 31.0. The van der Waals surface area contributed by atoms with Crippen molar-refractivity contribution in [1.29, 1.82) is 0 Å². The standard InChI is InChI=1S/C54H102NO8P/c1-6-8-10-12-14-16-18-20-22-23-24-25-26-27-28-29-30-31-33-35-37-39-41-43-45-47-54(57)63-52(51-62-64(58,59)61-49-48-55(3,4)5)50-60-53(56)46-44-42-40-38-36-34-32-21-19-17-15-13-11-9-7-2/h18,20-21,23-24,32,52H,6-17,19,22,25-31,33-51H2,1-5H3/p+1/b20-18-,24-23-,32-21-. The van der Waals surface area contributed by atoms with Crippen molar-refractivity contribution < 1.29 is 42.1 Å². The summed E-state index contributed by atoms with van der Waals surface area (Å²) in [5, 5.41) is 0. The van der Waals surface area contributed by atoms with Crippen LogP contribution in [0.2, 0.25) is 0 Å². The number of hydrogen-bond donors (Lipinski definition) is 1. The second kappa shape index (κ2) is 46.3. The van der Waals surface area contributed by atoms with Crippen LogP contribution in [0.1, 0.15) is 245 Å². The van der Waals surface area contributed by atoms with E-state index in [1.807, 2.05) is 21.1 Å². The largest absolute Gasteiger partial charge is 0.472 e. The minimum absolute atomic E-state index is 0.0310. The van der Waals surface area contributed by atoms with Gasteiger partial charge in [0.15, 0.2) is 6.10 Å². The molecule has 0 spiro atoms. The average Bonchev–Trinajstić information content (AvgIpc) is 3.25. The van der Waals surface area contributed by atoms with Gasteiger partial charge >= 0.3 is 19.8 Å². The predicted molar refractivity (Wildman–Crippen MR) is 270 cm³/mol. The van der Waals surface area contributed by atoms with Crippen LogP contribution in [0.15, 0.2) is 36.5 Å². The van der Waals surface area contributed by atoms with E-state index in [1.54, 1.807) is 0 Å². The van der Waals surface area contributed by atoms with Gasteiger partial charge in [0.25, 0.3) is 0 Å². The Morgan fingerprint density at radius 2 is 0.844 bits per heavy atom. The second-order valence-corrected chi connectivity index (χ2v) is 20.7. The fraction of sp³-hybridized carbons (Fsp3) is 0.852. The Morgan fingerprint density at radius 3 is 1.25 bits per heavy atom. The van der Waals surface area contributed by atoms with Gasteiger partial charge < -0.3 is 18.9 Å². The molecule has 1 N–H and O–H groups in total. The van der Waals surface area contributed by atoms with Crippen molar-refractivity contribution in [3.05, 3.63) is 36.5 Å². The lowest BCUT2D eigenvalue weighted by Gasteiger charge is -2.24. The third-order valence-corrected chi connectivity index (χ3v) is 12.6. The van der Waals surface area contributed by atoms with Gasteiger partial charge in [-0.15, -0.1) is 0 Å². The number of likely N-dealkylation sites (N-methyl/N-ethyl adjacent to an activating group) is 1. The van der Waals surface area contributed by atoms with Gasteiger partial charge in [0.05, 0.1) is 27.7 Å². The number of phosphoric acid groups is 1. The molecule has 0 radical (unpaired) electrons. The van der Waals surface area contributed by atoms with E-state index in [0.29, 0.717) is 17.4 Å². The van der Waals surface area contributed by atoms with Crippen molar-refractivity contribution in [1.82, 2.24) is 0 Å². The summed E-state index contributed by atoms with van der Waals surface area (Å²) in [6.45, 7) is 4.43. The van der Waals surface area contributed by atoms with Crippen LogP contribution in [0.3, 0.4) is 0 Å². The number of unbranched alkanes of at least 4 members (excludes halogenated alkanes) is 29. The fourth-order valence-electron chi connectivity index (χ4n) is 7.45. The molecule has 0 aromatic heterocycles. The molecule has 0 aliphatic heterocycles. The topological polar surface area (TPSA) is 108 Å². The average molecular weight is 925 g/mol. The number of allylic oxidation sites excluding steroid dienone is 6. The smallest absolute Gasteiger partial charge is 0.462 e. The molecule has 10 heteroatoms. The van der Waals surface area contributed by atoms with Crippen molar-refractivity contribution in [3.63, 3.8) is 0 Å². The molecule has 0 saturated heterocycles. The van der Waals surface area contributed by atoms with Crippen LogP contribution in [0.5, 0.6) is 0 Å². The summed E-state index contributed by atoms with van der Waals surface area (Å²) in [7, 11) is 1.48. The Labute approximate surface area is 395 Å². The zero-order valence-electron chi connectivity index (χ0n) is 42.5. The zero-order valence-corrected chi connectivity index (χ0v) is 43.4. The van der Waals surface area contributed by atoms with E-state index in [9.17, 15) is 19.0 Å². The van der Waals surface area contributed by atoms with Crippen LogP contribution in [-0.4, -0.2) is 74.9 Å². The van der Waals surface area contributed by atoms with Gasteiger partial charge in [-0.3, -0.25) is 18.6 Å². The highest BCUT2D eigenvalue weighted by Crippen LogP contribution is 2.43. The van der Waals surface area contributed by atoms with Gasteiger partial charge in [-0.2, -0.15) is 0 Å². The molecule has 0 rings (SSSR count). The Balaban J connectivity index is 4.18. The molecule has 2 atom stereocenters. The lowest BCUT2D eigenvalue weighted by molar-refractivity contribution is -0.870. The number of rotatable bonds is 49. The molecular formula is C54H103NO8P+. The minimum atomic E-state index is -4.38. The Morgan fingerprint density at radius 1 is 0.484 bits per heavy atom.